The number of aromatic nitrogens is 2. The van der Waals surface area contributed by atoms with E-state index in [1.165, 1.54) is 0 Å². The number of aliphatic carboxylic acids is 1. The van der Waals surface area contributed by atoms with E-state index in [4.69, 9.17) is 0 Å². The summed E-state index contributed by atoms with van der Waals surface area (Å²) in [5, 5.41) is 13.4. The fourth-order valence-electron chi connectivity index (χ4n) is 2.82. The third kappa shape index (κ3) is 3.11. The van der Waals surface area contributed by atoms with E-state index in [0.29, 0.717) is 13.0 Å². The largest absolute Gasteiger partial charge is 0.481 e. The SMILES string of the molecule is C[C@@]1(C(=O)O)CCN(C(=O)Cc2ccc(-n3cccn3)cc2)C1. The lowest BCUT2D eigenvalue weighted by Gasteiger charge is -2.20. The Labute approximate surface area is 134 Å². The summed E-state index contributed by atoms with van der Waals surface area (Å²) in [6, 6.07) is 9.49. The lowest BCUT2D eigenvalue weighted by molar-refractivity contribution is -0.147. The van der Waals surface area contributed by atoms with Gasteiger partial charge in [-0.15, -0.1) is 0 Å². The van der Waals surface area contributed by atoms with Crippen LogP contribution in [-0.4, -0.2) is 44.8 Å². The molecule has 1 saturated heterocycles. The van der Waals surface area contributed by atoms with Gasteiger partial charge in [0.1, 0.15) is 0 Å². The minimum Gasteiger partial charge on any atom is -0.481 e. The maximum Gasteiger partial charge on any atom is 0.311 e. The number of rotatable bonds is 4. The van der Waals surface area contributed by atoms with Crippen LogP contribution < -0.4 is 0 Å². The lowest BCUT2D eigenvalue weighted by atomic mass is 9.90. The Morgan fingerprint density at radius 3 is 2.61 bits per heavy atom. The molecule has 1 fully saturated rings. The molecule has 0 bridgehead atoms. The van der Waals surface area contributed by atoms with Gasteiger partial charge < -0.3 is 10.0 Å². The van der Waals surface area contributed by atoms with E-state index >= 15 is 0 Å². The van der Waals surface area contributed by atoms with E-state index in [9.17, 15) is 14.7 Å². The molecule has 0 radical (unpaired) electrons. The van der Waals surface area contributed by atoms with E-state index in [1.807, 2.05) is 36.5 Å². The van der Waals surface area contributed by atoms with Gasteiger partial charge in [-0.05, 0) is 37.1 Å². The lowest BCUT2D eigenvalue weighted by Crippen LogP contribution is -2.35. The molecule has 3 rings (SSSR count). The Hall–Kier alpha value is -2.63. The van der Waals surface area contributed by atoms with Crippen molar-refractivity contribution in [2.75, 3.05) is 13.1 Å². The second kappa shape index (κ2) is 5.87. The van der Waals surface area contributed by atoms with E-state index in [1.54, 1.807) is 22.7 Å². The fraction of sp³-hybridized carbons (Fsp3) is 0.353. The molecule has 1 amide bonds. The first kappa shape index (κ1) is 15.3. The normalized spacial score (nSPS) is 20.7. The number of hydrogen-bond donors (Lipinski definition) is 1. The molecule has 1 aromatic carbocycles. The second-order valence-electron chi connectivity index (χ2n) is 6.22. The Balaban J connectivity index is 1.64. The van der Waals surface area contributed by atoms with Crippen molar-refractivity contribution < 1.29 is 14.7 Å². The maximum absolute atomic E-state index is 12.4. The molecule has 120 valence electrons. The quantitative estimate of drug-likeness (QED) is 0.933. The molecule has 0 aliphatic carbocycles. The molecule has 2 heterocycles. The number of amides is 1. The molecule has 1 aliphatic rings. The monoisotopic (exact) mass is 313 g/mol. The second-order valence-corrected chi connectivity index (χ2v) is 6.22. The van der Waals surface area contributed by atoms with E-state index in [2.05, 4.69) is 5.10 Å². The molecular formula is C17H19N3O3. The van der Waals surface area contributed by atoms with Gasteiger partial charge in [0.2, 0.25) is 5.91 Å². The van der Waals surface area contributed by atoms with Gasteiger partial charge in [0, 0.05) is 25.5 Å². The van der Waals surface area contributed by atoms with Gasteiger partial charge in [-0.2, -0.15) is 5.10 Å². The number of nitrogens with zero attached hydrogens (tertiary/aromatic N) is 3. The molecule has 6 nitrogen and oxygen atoms in total. The van der Waals surface area contributed by atoms with Crippen LogP contribution in [0.1, 0.15) is 18.9 Å². The summed E-state index contributed by atoms with van der Waals surface area (Å²) in [6.07, 6.45) is 4.36. The van der Waals surface area contributed by atoms with Crippen molar-refractivity contribution in [1.82, 2.24) is 14.7 Å². The topological polar surface area (TPSA) is 75.4 Å². The van der Waals surface area contributed by atoms with Gasteiger partial charge in [-0.1, -0.05) is 12.1 Å². The first-order chi connectivity index (χ1) is 11.0. The molecule has 1 aromatic heterocycles. The van der Waals surface area contributed by atoms with Crippen LogP contribution >= 0.6 is 0 Å². The number of carbonyl (C=O) groups is 2. The minimum absolute atomic E-state index is 0.0261. The molecule has 2 aromatic rings. The van der Waals surface area contributed by atoms with E-state index < -0.39 is 11.4 Å². The van der Waals surface area contributed by atoms with Crippen molar-refractivity contribution in [3.8, 4) is 5.69 Å². The van der Waals surface area contributed by atoms with Crippen molar-refractivity contribution in [1.29, 1.82) is 0 Å². The van der Waals surface area contributed by atoms with E-state index in [-0.39, 0.29) is 18.9 Å². The number of benzene rings is 1. The van der Waals surface area contributed by atoms with Gasteiger partial charge in [-0.3, -0.25) is 9.59 Å². The highest BCUT2D eigenvalue weighted by Gasteiger charge is 2.41. The molecule has 6 heteroatoms. The van der Waals surface area contributed by atoms with Crippen molar-refractivity contribution in [3.63, 3.8) is 0 Å². The van der Waals surface area contributed by atoms with Gasteiger partial charge >= 0.3 is 5.97 Å². The highest BCUT2D eigenvalue weighted by Crippen LogP contribution is 2.30. The van der Waals surface area contributed by atoms with Crippen LogP contribution in [0.2, 0.25) is 0 Å². The average molecular weight is 313 g/mol. The van der Waals surface area contributed by atoms with Crippen molar-refractivity contribution >= 4 is 11.9 Å². The predicted molar refractivity (Wildman–Crippen MR) is 84.2 cm³/mol. The van der Waals surface area contributed by atoms with Gasteiger partial charge in [0.05, 0.1) is 17.5 Å². The van der Waals surface area contributed by atoms with Crippen LogP contribution in [0, 0.1) is 5.41 Å². The zero-order valence-electron chi connectivity index (χ0n) is 13.0. The number of carboxylic acid groups (broad SMARTS) is 1. The van der Waals surface area contributed by atoms with Crippen molar-refractivity contribution in [2.45, 2.75) is 19.8 Å². The van der Waals surface area contributed by atoms with Gasteiger partial charge in [-0.25, -0.2) is 4.68 Å². The summed E-state index contributed by atoms with van der Waals surface area (Å²) >= 11 is 0. The van der Waals surface area contributed by atoms with Crippen LogP contribution in [-0.2, 0) is 16.0 Å². The molecule has 0 unspecified atom stereocenters. The molecule has 1 N–H and O–H groups in total. The summed E-state index contributed by atoms with van der Waals surface area (Å²) in [5.41, 5.74) is 1.03. The Kier molecular flexibility index (Phi) is 3.90. The van der Waals surface area contributed by atoms with Crippen LogP contribution in [0.3, 0.4) is 0 Å². The Bertz CT molecular complexity index is 709. The van der Waals surface area contributed by atoms with Crippen LogP contribution in [0.15, 0.2) is 42.7 Å². The first-order valence-electron chi connectivity index (χ1n) is 7.58. The Morgan fingerprint density at radius 2 is 2.04 bits per heavy atom. The number of likely N-dealkylation sites (tertiary alicyclic amines) is 1. The number of carbonyl (C=O) groups excluding carboxylic acids is 1. The summed E-state index contributed by atoms with van der Waals surface area (Å²) < 4.78 is 1.75. The molecule has 0 saturated carbocycles. The molecule has 1 aliphatic heterocycles. The van der Waals surface area contributed by atoms with Gasteiger partial charge in [0.15, 0.2) is 0 Å². The fourth-order valence-corrected chi connectivity index (χ4v) is 2.82. The Morgan fingerprint density at radius 1 is 1.30 bits per heavy atom. The average Bonchev–Trinajstić information content (AvgIpc) is 3.18. The molecule has 0 spiro atoms. The minimum atomic E-state index is -0.837. The third-order valence-corrected chi connectivity index (χ3v) is 4.40. The van der Waals surface area contributed by atoms with Crippen LogP contribution in [0.5, 0.6) is 0 Å². The highest BCUT2D eigenvalue weighted by atomic mass is 16.4. The molecule has 1 atom stereocenters. The van der Waals surface area contributed by atoms with Crippen LogP contribution in [0.25, 0.3) is 5.69 Å². The summed E-state index contributed by atoms with van der Waals surface area (Å²) in [6.45, 7) is 2.49. The van der Waals surface area contributed by atoms with E-state index in [0.717, 1.165) is 11.3 Å². The summed E-state index contributed by atoms with van der Waals surface area (Å²) in [7, 11) is 0. The zero-order chi connectivity index (χ0) is 16.4. The number of carboxylic acids is 1. The maximum atomic E-state index is 12.4. The molecule has 23 heavy (non-hydrogen) atoms. The van der Waals surface area contributed by atoms with Gasteiger partial charge in [0.25, 0.3) is 0 Å². The first-order valence-corrected chi connectivity index (χ1v) is 7.58. The smallest absolute Gasteiger partial charge is 0.311 e. The van der Waals surface area contributed by atoms with Crippen LogP contribution in [0.4, 0.5) is 0 Å². The predicted octanol–water partition coefficient (Wildman–Crippen LogP) is 1.74. The number of hydrogen-bond acceptors (Lipinski definition) is 3. The third-order valence-electron chi connectivity index (χ3n) is 4.40. The van der Waals surface area contributed by atoms with Crippen molar-refractivity contribution in [3.05, 3.63) is 48.3 Å². The molecular weight excluding hydrogens is 294 g/mol. The zero-order valence-corrected chi connectivity index (χ0v) is 13.0. The van der Waals surface area contributed by atoms with Crippen molar-refractivity contribution in [2.24, 2.45) is 5.41 Å². The standard InChI is InChI=1S/C17H19N3O3/c1-17(16(22)23)7-10-19(12-17)15(21)11-13-3-5-14(6-4-13)20-9-2-8-18-20/h2-6,8-9H,7,10-12H2,1H3,(H,22,23)/t17-/m1/s1. The highest BCUT2D eigenvalue weighted by molar-refractivity contribution is 5.82. The summed E-state index contributed by atoms with van der Waals surface area (Å²) in [5.74, 6) is -0.863. The summed E-state index contributed by atoms with van der Waals surface area (Å²) in [4.78, 5) is 25.3.